The minimum atomic E-state index is -0.452. The maximum absolute atomic E-state index is 10.7. The molecule has 0 bridgehead atoms. The molecule has 1 aromatic heterocycles. The van der Waals surface area contributed by atoms with Crippen LogP contribution in [0.1, 0.15) is 5.69 Å². The molecule has 0 amide bonds. The quantitative estimate of drug-likeness (QED) is 0.480. The molecule has 6 heteroatoms. The first-order chi connectivity index (χ1) is 8.27. The second kappa shape index (κ2) is 4.93. The van der Waals surface area contributed by atoms with Crippen molar-refractivity contribution in [1.29, 1.82) is 0 Å². The predicted molar refractivity (Wildman–Crippen MR) is 65.1 cm³/mol. The van der Waals surface area contributed by atoms with E-state index in [2.05, 4.69) is 15.5 Å². The number of hydrogen-bond acceptors (Lipinski definition) is 4. The Morgan fingerprint density at radius 2 is 2.12 bits per heavy atom. The number of nitrogens with one attached hydrogen (secondary N) is 2. The predicted octanol–water partition coefficient (Wildman–Crippen LogP) is 2.37. The summed E-state index contributed by atoms with van der Waals surface area (Å²) in [5.74, 6) is 0. The first-order valence-electron chi connectivity index (χ1n) is 4.93. The lowest BCUT2D eigenvalue weighted by atomic mass is 10.3. The monoisotopic (exact) mass is 230 g/mol. The van der Waals surface area contributed by atoms with Crippen LogP contribution in [-0.2, 0) is 0 Å². The summed E-state index contributed by atoms with van der Waals surface area (Å²) in [6.07, 6.45) is 3.32. The van der Waals surface area contributed by atoms with Crippen molar-refractivity contribution in [1.82, 2.24) is 4.98 Å². The number of para-hydroxylation sites is 2. The second-order valence-corrected chi connectivity index (χ2v) is 3.27. The molecule has 0 aliphatic heterocycles. The van der Waals surface area contributed by atoms with Gasteiger partial charge in [0, 0.05) is 12.3 Å². The van der Waals surface area contributed by atoms with Gasteiger partial charge in [0.2, 0.25) is 0 Å². The summed E-state index contributed by atoms with van der Waals surface area (Å²) >= 11 is 0. The maximum atomic E-state index is 10.7. The van der Waals surface area contributed by atoms with Crippen LogP contribution in [0.2, 0.25) is 0 Å². The summed E-state index contributed by atoms with van der Waals surface area (Å²) < 4.78 is 0. The van der Waals surface area contributed by atoms with Crippen molar-refractivity contribution in [3.05, 3.63) is 58.4 Å². The standard InChI is InChI=1S/C11H10N4O2/c16-15(17)11-6-2-1-5-10(11)14-13-8-9-4-3-7-12-9/h1-8,12,14H/b13-8+. The minimum Gasteiger partial charge on any atom is -0.360 e. The Bertz CT molecular complexity index is 534. The van der Waals surface area contributed by atoms with Crippen LogP contribution in [0, 0.1) is 10.1 Å². The third kappa shape index (κ3) is 2.69. The molecule has 0 spiro atoms. The van der Waals surface area contributed by atoms with Gasteiger partial charge in [0.1, 0.15) is 5.69 Å². The van der Waals surface area contributed by atoms with E-state index in [-0.39, 0.29) is 5.69 Å². The van der Waals surface area contributed by atoms with Gasteiger partial charge in [0.05, 0.1) is 16.8 Å². The van der Waals surface area contributed by atoms with Gasteiger partial charge in [-0.3, -0.25) is 15.5 Å². The molecule has 0 fully saturated rings. The van der Waals surface area contributed by atoms with Crippen LogP contribution < -0.4 is 5.43 Å². The van der Waals surface area contributed by atoms with Gasteiger partial charge in [-0.1, -0.05) is 12.1 Å². The molecule has 6 nitrogen and oxygen atoms in total. The van der Waals surface area contributed by atoms with Gasteiger partial charge in [0.15, 0.2) is 0 Å². The number of anilines is 1. The van der Waals surface area contributed by atoms with E-state index in [4.69, 9.17) is 0 Å². The van der Waals surface area contributed by atoms with Crippen LogP contribution in [-0.4, -0.2) is 16.1 Å². The second-order valence-electron chi connectivity index (χ2n) is 3.27. The lowest BCUT2D eigenvalue weighted by Gasteiger charge is -2.00. The van der Waals surface area contributed by atoms with E-state index in [0.717, 1.165) is 5.69 Å². The number of nitrogens with zero attached hydrogens (tertiary/aromatic N) is 2. The Morgan fingerprint density at radius 1 is 1.29 bits per heavy atom. The highest BCUT2D eigenvalue weighted by Gasteiger charge is 2.10. The van der Waals surface area contributed by atoms with Crippen LogP contribution in [0.25, 0.3) is 0 Å². The fraction of sp³-hybridized carbons (Fsp3) is 0. The molecule has 86 valence electrons. The van der Waals surface area contributed by atoms with Crippen LogP contribution in [0.4, 0.5) is 11.4 Å². The summed E-state index contributed by atoms with van der Waals surface area (Å²) in [5, 5.41) is 14.6. The van der Waals surface area contributed by atoms with Crippen LogP contribution >= 0.6 is 0 Å². The van der Waals surface area contributed by atoms with Crippen molar-refractivity contribution in [3.63, 3.8) is 0 Å². The van der Waals surface area contributed by atoms with Crippen molar-refractivity contribution in [2.24, 2.45) is 5.10 Å². The van der Waals surface area contributed by atoms with Crippen molar-refractivity contribution >= 4 is 17.6 Å². The van der Waals surface area contributed by atoms with Gasteiger partial charge in [-0.2, -0.15) is 5.10 Å². The Hall–Kier alpha value is -2.63. The summed E-state index contributed by atoms with van der Waals surface area (Å²) in [6, 6.07) is 10.0. The van der Waals surface area contributed by atoms with Crippen molar-refractivity contribution in [2.75, 3.05) is 5.43 Å². The van der Waals surface area contributed by atoms with E-state index < -0.39 is 4.92 Å². The van der Waals surface area contributed by atoms with Crippen LogP contribution in [0.3, 0.4) is 0 Å². The Balaban J connectivity index is 2.11. The van der Waals surface area contributed by atoms with Gasteiger partial charge < -0.3 is 4.98 Å². The topological polar surface area (TPSA) is 83.3 Å². The Morgan fingerprint density at radius 3 is 2.82 bits per heavy atom. The van der Waals surface area contributed by atoms with Crippen molar-refractivity contribution in [3.8, 4) is 0 Å². The number of hydrogen-bond donors (Lipinski definition) is 2. The lowest BCUT2D eigenvalue weighted by molar-refractivity contribution is -0.384. The highest BCUT2D eigenvalue weighted by atomic mass is 16.6. The van der Waals surface area contributed by atoms with Crippen molar-refractivity contribution < 1.29 is 4.92 Å². The van der Waals surface area contributed by atoms with Gasteiger partial charge in [-0.15, -0.1) is 0 Å². The average molecular weight is 230 g/mol. The number of nitro benzene ring substituents is 1. The molecular weight excluding hydrogens is 220 g/mol. The molecule has 2 rings (SSSR count). The molecule has 17 heavy (non-hydrogen) atoms. The van der Waals surface area contributed by atoms with Gasteiger partial charge in [-0.25, -0.2) is 0 Å². The largest absolute Gasteiger partial charge is 0.360 e. The van der Waals surface area contributed by atoms with E-state index in [1.807, 2.05) is 12.1 Å². The van der Waals surface area contributed by atoms with E-state index in [9.17, 15) is 10.1 Å². The zero-order valence-corrected chi connectivity index (χ0v) is 8.83. The Kier molecular flexibility index (Phi) is 3.15. The number of nitro groups is 1. The third-order valence-electron chi connectivity index (χ3n) is 2.11. The molecule has 1 heterocycles. The minimum absolute atomic E-state index is 0.00358. The number of aromatic amines is 1. The van der Waals surface area contributed by atoms with Crippen molar-refractivity contribution in [2.45, 2.75) is 0 Å². The van der Waals surface area contributed by atoms with E-state index in [1.54, 1.807) is 30.6 Å². The number of rotatable bonds is 4. The molecule has 0 aliphatic carbocycles. The third-order valence-corrected chi connectivity index (χ3v) is 2.11. The number of hydrazone groups is 1. The molecule has 0 saturated carbocycles. The first-order valence-corrected chi connectivity index (χ1v) is 4.93. The zero-order chi connectivity index (χ0) is 12.1. The number of benzene rings is 1. The summed E-state index contributed by atoms with van der Waals surface area (Å²) in [7, 11) is 0. The smallest absolute Gasteiger partial charge is 0.294 e. The van der Waals surface area contributed by atoms with Crippen LogP contribution in [0.5, 0.6) is 0 Å². The number of H-pyrrole nitrogens is 1. The summed E-state index contributed by atoms with van der Waals surface area (Å²) in [6.45, 7) is 0. The molecule has 0 saturated heterocycles. The lowest BCUT2D eigenvalue weighted by Crippen LogP contribution is -1.96. The average Bonchev–Trinajstić information content (AvgIpc) is 2.82. The fourth-order valence-electron chi connectivity index (χ4n) is 1.32. The fourth-order valence-corrected chi connectivity index (χ4v) is 1.32. The highest BCUT2D eigenvalue weighted by molar-refractivity contribution is 5.78. The maximum Gasteiger partial charge on any atom is 0.294 e. The van der Waals surface area contributed by atoms with E-state index in [0.29, 0.717) is 5.69 Å². The molecular formula is C11H10N4O2. The van der Waals surface area contributed by atoms with E-state index in [1.165, 1.54) is 6.07 Å². The van der Waals surface area contributed by atoms with Gasteiger partial charge in [0.25, 0.3) is 5.69 Å². The van der Waals surface area contributed by atoms with Crippen LogP contribution in [0.15, 0.2) is 47.7 Å². The zero-order valence-electron chi connectivity index (χ0n) is 8.83. The Labute approximate surface area is 97.1 Å². The molecule has 2 aromatic rings. The first kappa shape index (κ1) is 10.9. The van der Waals surface area contributed by atoms with Gasteiger partial charge >= 0.3 is 0 Å². The summed E-state index contributed by atoms with van der Waals surface area (Å²) in [4.78, 5) is 13.2. The highest BCUT2D eigenvalue weighted by Crippen LogP contribution is 2.22. The molecule has 0 atom stereocenters. The molecule has 2 N–H and O–H groups in total. The normalized spacial score (nSPS) is 10.6. The molecule has 0 unspecified atom stereocenters. The van der Waals surface area contributed by atoms with Gasteiger partial charge in [-0.05, 0) is 18.2 Å². The molecule has 0 radical (unpaired) electrons. The molecule has 1 aromatic carbocycles. The SMILES string of the molecule is O=[N+]([O-])c1ccccc1N/N=C/c1ccc[nH]1. The summed E-state index contributed by atoms with van der Waals surface area (Å²) in [5.41, 5.74) is 3.81. The number of aromatic nitrogens is 1. The van der Waals surface area contributed by atoms with E-state index >= 15 is 0 Å². The molecule has 0 aliphatic rings.